The second-order valence-electron chi connectivity index (χ2n) is 13.4. The fourth-order valence-corrected chi connectivity index (χ4v) is 11.4. The van der Waals surface area contributed by atoms with Crippen molar-refractivity contribution in [2.45, 2.75) is 129 Å². The summed E-state index contributed by atoms with van der Waals surface area (Å²) in [5, 5.41) is 11.3. The molecule has 2 aromatic carbocycles. The van der Waals surface area contributed by atoms with Crippen molar-refractivity contribution >= 4 is 8.32 Å². The zero-order valence-electron chi connectivity index (χ0n) is 24.6. The number of hydrogen-bond donors (Lipinski definition) is 1. The first-order valence-corrected chi connectivity index (χ1v) is 15.7. The molecule has 0 aliphatic heterocycles. The molecule has 1 unspecified atom stereocenters. The molecule has 0 aliphatic carbocycles. The van der Waals surface area contributed by atoms with Crippen LogP contribution in [0, 0.1) is 0 Å². The average molecular weight is 497 g/mol. The van der Waals surface area contributed by atoms with E-state index in [4.69, 9.17) is 4.43 Å². The van der Waals surface area contributed by atoms with Gasteiger partial charge in [0.25, 0.3) is 0 Å². The van der Waals surface area contributed by atoms with Crippen molar-refractivity contribution in [2.24, 2.45) is 0 Å². The average Bonchev–Trinajstić information content (AvgIpc) is 2.72. The highest BCUT2D eigenvalue weighted by Gasteiger charge is 2.47. The Bertz CT molecular complexity index is 889. The molecule has 0 amide bonds. The Morgan fingerprint density at radius 2 is 1.17 bits per heavy atom. The monoisotopic (exact) mass is 496 g/mol. The van der Waals surface area contributed by atoms with E-state index in [0.717, 1.165) is 24.0 Å². The third kappa shape index (κ3) is 6.80. The highest BCUT2D eigenvalue weighted by Crippen LogP contribution is 2.48. The predicted octanol–water partition coefficient (Wildman–Crippen LogP) is 9.85. The molecule has 2 rings (SSSR count). The summed E-state index contributed by atoms with van der Waals surface area (Å²) in [6.07, 6.45) is 1.90. The summed E-state index contributed by atoms with van der Waals surface area (Å²) >= 11 is 0. The molecule has 2 aromatic rings. The fourth-order valence-electron chi connectivity index (χ4n) is 5.88. The Balaban J connectivity index is 2.72. The largest absolute Gasteiger partial charge is 0.507 e. The van der Waals surface area contributed by atoms with Crippen LogP contribution in [0.25, 0.3) is 0 Å². The predicted molar refractivity (Wildman–Crippen MR) is 155 cm³/mol. The van der Waals surface area contributed by atoms with Crippen LogP contribution in [0.2, 0.25) is 16.6 Å². The lowest BCUT2D eigenvalue weighted by Crippen LogP contribution is -2.48. The lowest BCUT2D eigenvalue weighted by Gasteiger charge is -2.45. The van der Waals surface area contributed by atoms with Crippen LogP contribution in [0.4, 0.5) is 0 Å². The van der Waals surface area contributed by atoms with Crippen LogP contribution in [0.5, 0.6) is 5.75 Å². The molecule has 0 fully saturated rings. The lowest BCUT2D eigenvalue weighted by molar-refractivity contribution is 0.166. The number of rotatable bonds is 9. The zero-order valence-corrected chi connectivity index (χ0v) is 25.6. The van der Waals surface area contributed by atoms with Gasteiger partial charge in [-0.15, -0.1) is 0 Å². The van der Waals surface area contributed by atoms with Crippen molar-refractivity contribution in [2.75, 3.05) is 0 Å². The van der Waals surface area contributed by atoms with Crippen LogP contribution < -0.4 is 0 Å². The number of phenols is 1. The van der Waals surface area contributed by atoms with Gasteiger partial charge in [-0.25, -0.2) is 0 Å². The highest BCUT2D eigenvalue weighted by molar-refractivity contribution is 6.77. The summed E-state index contributed by atoms with van der Waals surface area (Å²) in [5.74, 6) is 0.440. The molecule has 1 N–H and O–H groups in total. The van der Waals surface area contributed by atoms with Crippen LogP contribution >= 0.6 is 0 Å². The smallest absolute Gasteiger partial charge is 0.201 e. The Kier molecular flexibility index (Phi) is 9.50. The van der Waals surface area contributed by atoms with Crippen molar-refractivity contribution in [3.63, 3.8) is 0 Å². The van der Waals surface area contributed by atoms with Gasteiger partial charge in [-0.2, -0.15) is 0 Å². The van der Waals surface area contributed by atoms with E-state index in [1.165, 1.54) is 11.1 Å². The van der Waals surface area contributed by atoms with Crippen LogP contribution in [0.3, 0.4) is 0 Å². The van der Waals surface area contributed by atoms with Gasteiger partial charge >= 0.3 is 0 Å². The van der Waals surface area contributed by atoms with E-state index in [2.05, 4.69) is 126 Å². The third-order valence-corrected chi connectivity index (χ3v) is 13.8. The summed E-state index contributed by atoms with van der Waals surface area (Å²) in [6, 6.07) is 15.2. The SMILES string of the molecule is CC(C)[Si](OC(CCc1ccccc1)c1cc(C(C)(C)C)c(O)c(C(C)(C)C)c1)(C(C)C)C(C)C. The van der Waals surface area contributed by atoms with Crippen molar-refractivity contribution < 1.29 is 9.53 Å². The maximum absolute atomic E-state index is 11.3. The molecule has 3 heteroatoms. The topological polar surface area (TPSA) is 29.5 Å². The number of hydrogen-bond acceptors (Lipinski definition) is 2. The van der Waals surface area contributed by atoms with Crippen LogP contribution in [0.15, 0.2) is 42.5 Å². The second-order valence-corrected chi connectivity index (χ2v) is 18.8. The molecule has 0 aromatic heterocycles. The van der Waals surface area contributed by atoms with Gasteiger partial charge in [-0.05, 0) is 74.7 Å². The molecular formula is C32H52O2Si. The third-order valence-electron chi connectivity index (χ3n) is 7.71. The van der Waals surface area contributed by atoms with Gasteiger partial charge in [0.1, 0.15) is 5.75 Å². The van der Waals surface area contributed by atoms with E-state index in [0.29, 0.717) is 22.4 Å². The minimum atomic E-state index is -2.11. The van der Waals surface area contributed by atoms with Crippen molar-refractivity contribution in [3.8, 4) is 5.75 Å². The lowest BCUT2D eigenvalue weighted by atomic mass is 9.77. The molecule has 0 saturated heterocycles. The van der Waals surface area contributed by atoms with Gasteiger partial charge in [0.2, 0.25) is 8.32 Å². The molecule has 35 heavy (non-hydrogen) atoms. The molecule has 1 atom stereocenters. The first-order valence-electron chi connectivity index (χ1n) is 13.6. The Labute approximate surface area is 217 Å². The van der Waals surface area contributed by atoms with E-state index in [-0.39, 0.29) is 16.9 Å². The van der Waals surface area contributed by atoms with Crippen LogP contribution in [0.1, 0.15) is 118 Å². The van der Waals surface area contributed by atoms with Crippen LogP contribution in [-0.2, 0) is 21.7 Å². The standard InChI is InChI=1S/C32H52O2Si/c1-22(2)35(23(3)4,24(5)6)34-29(19-18-25-16-14-13-15-17-25)26-20-27(31(7,8)9)30(33)28(21-26)32(10,11)12/h13-17,20-24,29,33H,18-19H2,1-12H3. The van der Waals surface area contributed by atoms with Gasteiger partial charge < -0.3 is 9.53 Å². The number of aromatic hydroxyl groups is 1. The van der Waals surface area contributed by atoms with Gasteiger partial charge in [-0.3, -0.25) is 0 Å². The Morgan fingerprint density at radius 3 is 1.54 bits per heavy atom. The van der Waals surface area contributed by atoms with Gasteiger partial charge in [-0.1, -0.05) is 113 Å². The minimum Gasteiger partial charge on any atom is -0.507 e. The Hall–Kier alpha value is -1.58. The summed E-state index contributed by atoms with van der Waals surface area (Å²) in [6.45, 7) is 27.3. The molecule has 2 nitrogen and oxygen atoms in total. The van der Waals surface area contributed by atoms with E-state index in [1.54, 1.807) is 0 Å². The molecule has 0 aliphatic rings. The summed E-state index contributed by atoms with van der Waals surface area (Å²) < 4.78 is 7.46. The number of phenolic OH excluding ortho intramolecular Hbond substituents is 1. The molecule has 196 valence electrons. The highest BCUT2D eigenvalue weighted by atomic mass is 28.4. The fraction of sp³-hybridized carbons (Fsp3) is 0.625. The van der Waals surface area contributed by atoms with E-state index < -0.39 is 8.32 Å². The van der Waals surface area contributed by atoms with E-state index in [1.807, 2.05) is 0 Å². The summed E-state index contributed by atoms with van der Waals surface area (Å²) in [5.41, 5.74) is 5.82. The molecule has 0 radical (unpaired) electrons. The second kappa shape index (κ2) is 11.2. The summed E-state index contributed by atoms with van der Waals surface area (Å²) in [4.78, 5) is 0. The number of aryl methyl sites for hydroxylation is 1. The van der Waals surface area contributed by atoms with Crippen molar-refractivity contribution in [1.29, 1.82) is 0 Å². The first kappa shape index (κ1) is 29.6. The summed E-state index contributed by atoms with van der Waals surface area (Å²) in [7, 11) is -2.11. The Morgan fingerprint density at radius 1 is 0.743 bits per heavy atom. The molecule has 0 spiro atoms. The van der Waals surface area contributed by atoms with Gasteiger partial charge in [0, 0.05) is 0 Å². The quantitative estimate of drug-likeness (QED) is 0.350. The molecular weight excluding hydrogens is 444 g/mol. The maximum atomic E-state index is 11.3. The normalized spacial score (nSPS) is 14.3. The van der Waals surface area contributed by atoms with E-state index >= 15 is 0 Å². The molecule has 0 heterocycles. The minimum absolute atomic E-state index is 0.00290. The first-order chi connectivity index (χ1) is 16.0. The van der Waals surface area contributed by atoms with Gasteiger partial charge in [0.05, 0.1) is 6.10 Å². The van der Waals surface area contributed by atoms with Crippen molar-refractivity contribution in [3.05, 3.63) is 64.7 Å². The number of benzene rings is 2. The zero-order chi connectivity index (χ0) is 26.8. The molecule has 0 bridgehead atoms. The maximum Gasteiger partial charge on any atom is 0.201 e. The van der Waals surface area contributed by atoms with E-state index in [9.17, 15) is 5.11 Å². The van der Waals surface area contributed by atoms with Crippen LogP contribution in [-0.4, -0.2) is 13.4 Å². The van der Waals surface area contributed by atoms with Gasteiger partial charge in [0.15, 0.2) is 0 Å². The molecule has 0 saturated carbocycles. The van der Waals surface area contributed by atoms with Crippen molar-refractivity contribution in [1.82, 2.24) is 0 Å².